The molecule has 0 radical (unpaired) electrons. The Bertz CT molecular complexity index is 1020. The van der Waals surface area contributed by atoms with Gasteiger partial charge in [0.05, 0.1) is 24.6 Å². The number of fused-ring (bicyclic) bond motifs is 1. The van der Waals surface area contributed by atoms with Crippen LogP contribution in [0.15, 0.2) is 54.7 Å². The standard InChI is InChI=1S/C25H27FN2O2/c1-17-5-6-18(12-24(17)25-8-7-21(26)13-27-25)11-19-3-2-4-20-14-28(10-9-23(19)20)15-22(30)16-29/h2-8,12-13,22,29-30H,9-11,14-16H2,1H3/t22-/m0/s1. The van der Waals surface area contributed by atoms with E-state index in [1.54, 1.807) is 6.07 Å². The third-order valence-corrected chi connectivity index (χ3v) is 5.82. The summed E-state index contributed by atoms with van der Waals surface area (Å²) in [5.74, 6) is -0.330. The van der Waals surface area contributed by atoms with E-state index in [2.05, 4.69) is 46.3 Å². The molecule has 1 atom stereocenters. The lowest BCUT2D eigenvalue weighted by molar-refractivity contribution is 0.0550. The fourth-order valence-electron chi connectivity index (χ4n) is 4.23. The van der Waals surface area contributed by atoms with Gasteiger partial charge in [-0.3, -0.25) is 9.88 Å². The second kappa shape index (κ2) is 9.04. The van der Waals surface area contributed by atoms with Gasteiger partial charge < -0.3 is 10.2 Å². The van der Waals surface area contributed by atoms with Crippen LogP contribution in [0, 0.1) is 12.7 Å². The number of halogens is 1. The van der Waals surface area contributed by atoms with E-state index >= 15 is 0 Å². The summed E-state index contributed by atoms with van der Waals surface area (Å²) in [6.45, 7) is 4.00. The van der Waals surface area contributed by atoms with Crippen LogP contribution in [0.5, 0.6) is 0 Å². The molecule has 0 aliphatic carbocycles. The largest absolute Gasteiger partial charge is 0.394 e. The van der Waals surface area contributed by atoms with Crippen LogP contribution in [-0.4, -0.2) is 45.9 Å². The molecule has 2 aromatic carbocycles. The Kier molecular flexibility index (Phi) is 6.23. The molecule has 0 saturated heterocycles. The number of aryl methyl sites for hydroxylation is 1. The number of aliphatic hydroxyl groups is 2. The average molecular weight is 407 g/mol. The van der Waals surface area contributed by atoms with Gasteiger partial charge in [-0.15, -0.1) is 0 Å². The fourth-order valence-corrected chi connectivity index (χ4v) is 4.23. The maximum atomic E-state index is 13.3. The zero-order valence-corrected chi connectivity index (χ0v) is 17.2. The van der Waals surface area contributed by atoms with E-state index < -0.39 is 6.10 Å². The predicted molar refractivity (Wildman–Crippen MR) is 116 cm³/mol. The Balaban J connectivity index is 1.57. The first-order valence-electron chi connectivity index (χ1n) is 10.4. The summed E-state index contributed by atoms with van der Waals surface area (Å²) < 4.78 is 13.3. The minimum atomic E-state index is -0.694. The van der Waals surface area contributed by atoms with Gasteiger partial charge in [0.25, 0.3) is 0 Å². The minimum Gasteiger partial charge on any atom is -0.394 e. The van der Waals surface area contributed by atoms with Crippen molar-refractivity contribution in [1.82, 2.24) is 9.88 Å². The number of aromatic nitrogens is 1. The van der Waals surface area contributed by atoms with Gasteiger partial charge in [-0.1, -0.05) is 30.3 Å². The van der Waals surface area contributed by atoms with Crippen molar-refractivity contribution in [3.05, 3.63) is 88.4 Å². The highest BCUT2D eigenvalue weighted by Crippen LogP contribution is 2.28. The van der Waals surface area contributed by atoms with Crippen molar-refractivity contribution in [2.24, 2.45) is 0 Å². The van der Waals surface area contributed by atoms with Crippen LogP contribution in [0.25, 0.3) is 11.3 Å². The lowest BCUT2D eigenvalue weighted by Crippen LogP contribution is -2.38. The van der Waals surface area contributed by atoms with Crippen molar-refractivity contribution < 1.29 is 14.6 Å². The highest BCUT2D eigenvalue weighted by atomic mass is 19.1. The van der Waals surface area contributed by atoms with Gasteiger partial charge in [0.1, 0.15) is 5.82 Å². The van der Waals surface area contributed by atoms with Crippen molar-refractivity contribution >= 4 is 0 Å². The highest BCUT2D eigenvalue weighted by Gasteiger charge is 2.20. The van der Waals surface area contributed by atoms with E-state index in [-0.39, 0.29) is 12.4 Å². The molecule has 0 spiro atoms. The van der Waals surface area contributed by atoms with E-state index in [1.807, 2.05) is 6.92 Å². The molecule has 156 valence electrons. The molecule has 4 nitrogen and oxygen atoms in total. The Labute approximate surface area is 176 Å². The normalized spacial score (nSPS) is 15.1. The molecule has 1 aliphatic heterocycles. The average Bonchev–Trinajstić information content (AvgIpc) is 2.75. The van der Waals surface area contributed by atoms with Gasteiger partial charge in [-0.25, -0.2) is 4.39 Å². The number of hydrogen-bond acceptors (Lipinski definition) is 4. The Hall–Kier alpha value is -2.60. The maximum absolute atomic E-state index is 13.3. The van der Waals surface area contributed by atoms with Crippen LogP contribution in [0.4, 0.5) is 4.39 Å². The summed E-state index contributed by atoms with van der Waals surface area (Å²) in [5, 5.41) is 18.9. The van der Waals surface area contributed by atoms with Crippen molar-refractivity contribution in [3.8, 4) is 11.3 Å². The molecule has 1 aliphatic rings. The van der Waals surface area contributed by atoms with Crippen molar-refractivity contribution in [2.75, 3.05) is 19.7 Å². The van der Waals surface area contributed by atoms with E-state index in [1.165, 1.54) is 34.5 Å². The number of β-amino-alcohol motifs (C(OH)–C–C–N with tert-alkyl or cyclic N) is 1. The fraction of sp³-hybridized carbons (Fsp3) is 0.320. The van der Waals surface area contributed by atoms with Gasteiger partial charge >= 0.3 is 0 Å². The molecular weight excluding hydrogens is 379 g/mol. The van der Waals surface area contributed by atoms with Crippen molar-refractivity contribution in [2.45, 2.75) is 32.4 Å². The van der Waals surface area contributed by atoms with Crippen molar-refractivity contribution in [1.29, 1.82) is 0 Å². The molecular formula is C25H27FN2O2. The lowest BCUT2D eigenvalue weighted by atomic mass is 9.90. The first kappa shape index (κ1) is 20.7. The molecule has 4 rings (SSSR count). The first-order chi connectivity index (χ1) is 14.5. The number of nitrogens with zero attached hydrogens (tertiary/aromatic N) is 2. The topological polar surface area (TPSA) is 56.6 Å². The molecule has 5 heteroatoms. The van der Waals surface area contributed by atoms with Crippen LogP contribution in [0.3, 0.4) is 0 Å². The Morgan fingerprint density at radius 2 is 2.03 bits per heavy atom. The minimum absolute atomic E-state index is 0.206. The van der Waals surface area contributed by atoms with E-state index in [9.17, 15) is 9.50 Å². The number of aliphatic hydroxyl groups excluding tert-OH is 2. The number of benzene rings is 2. The SMILES string of the molecule is Cc1ccc(Cc2cccc3c2CCN(C[C@H](O)CO)C3)cc1-c1ccc(F)cn1. The molecule has 0 amide bonds. The van der Waals surface area contributed by atoms with Crippen LogP contribution >= 0.6 is 0 Å². The van der Waals surface area contributed by atoms with E-state index in [0.29, 0.717) is 6.54 Å². The lowest BCUT2D eigenvalue weighted by Gasteiger charge is -2.31. The number of rotatable bonds is 6. The third-order valence-electron chi connectivity index (χ3n) is 5.82. The molecule has 30 heavy (non-hydrogen) atoms. The predicted octanol–water partition coefficient (Wildman–Crippen LogP) is 3.50. The first-order valence-corrected chi connectivity index (χ1v) is 10.4. The molecule has 2 N–H and O–H groups in total. The zero-order chi connectivity index (χ0) is 21.1. The summed E-state index contributed by atoms with van der Waals surface area (Å²) in [7, 11) is 0. The number of pyridine rings is 1. The maximum Gasteiger partial charge on any atom is 0.141 e. The summed E-state index contributed by atoms with van der Waals surface area (Å²) in [6.07, 6.45) is 2.33. The molecule has 3 aromatic rings. The Morgan fingerprint density at radius 1 is 1.17 bits per heavy atom. The van der Waals surface area contributed by atoms with Crippen LogP contribution < -0.4 is 0 Å². The second-order valence-corrected chi connectivity index (χ2v) is 8.06. The molecule has 0 unspecified atom stereocenters. The molecule has 0 bridgehead atoms. The van der Waals surface area contributed by atoms with Gasteiger partial charge in [0, 0.05) is 25.2 Å². The Morgan fingerprint density at radius 3 is 2.80 bits per heavy atom. The van der Waals surface area contributed by atoms with Gasteiger partial charge in [-0.2, -0.15) is 0 Å². The summed E-state index contributed by atoms with van der Waals surface area (Å²) in [4.78, 5) is 6.44. The molecule has 0 saturated carbocycles. The summed E-state index contributed by atoms with van der Waals surface area (Å²) >= 11 is 0. The third kappa shape index (κ3) is 4.59. The van der Waals surface area contributed by atoms with E-state index in [0.717, 1.165) is 42.8 Å². The highest BCUT2D eigenvalue weighted by molar-refractivity contribution is 5.64. The van der Waals surface area contributed by atoms with E-state index in [4.69, 9.17) is 5.11 Å². The summed E-state index contributed by atoms with van der Waals surface area (Å²) in [5.41, 5.74) is 8.12. The van der Waals surface area contributed by atoms with Crippen molar-refractivity contribution in [3.63, 3.8) is 0 Å². The van der Waals surface area contributed by atoms with Crippen LogP contribution in [0.1, 0.15) is 27.8 Å². The van der Waals surface area contributed by atoms with Gasteiger partial charge in [0.15, 0.2) is 0 Å². The molecule has 1 aromatic heterocycles. The smallest absolute Gasteiger partial charge is 0.141 e. The molecule has 2 heterocycles. The van der Waals surface area contributed by atoms with Gasteiger partial charge in [0.2, 0.25) is 0 Å². The zero-order valence-electron chi connectivity index (χ0n) is 17.2. The number of hydrogen-bond donors (Lipinski definition) is 2. The van der Waals surface area contributed by atoms with Gasteiger partial charge in [-0.05, 0) is 65.8 Å². The monoisotopic (exact) mass is 406 g/mol. The molecule has 0 fully saturated rings. The second-order valence-electron chi connectivity index (χ2n) is 8.06. The summed E-state index contributed by atoms with van der Waals surface area (Å²) in [6, 6.07) is 16.0. The van der Waals surface area contributed by atoms with Crippen LogP contribution in [0.2, 0.25) is 0 Å². The van der Waals surface area contributed by atoms with Crippen LogP contribution in [-0.2, 0) is 19.4 Å². The quantitative estimate of drug-likeness (QED) is 0.658.